The summed E-state index contributed by atoms with van der Waals surface area (Å²) in [6.07, 6.45) is 2.21. The van der Waals surface area contributed by atoms with Crippen molar-refractivity contribution in [3.63, 3.8) is 0 Å². The average Bonchev–Trinajstić information content (AvgIpc) is 2.37. The van der Waals surface area contributed by atoms with Gasteiger partial charge in [-0.1, -0.05) is 25.5 Å². The molecule has 4 N–H and O–H groups in total. The highest BCUT2D eigenvalue weighted by atomic mass is 16.5. The summed E-state index contributed by atoms with van der Waals surface area (Å²) in [6.45, 7) is 2.16. The molecular formula is C14H17N3O. The topological polar surface area (TPSA) is 74.2 Å². The van der Waals surface area contributed by atoms with Crippen LogP contribution >= 0.6 is 0 Å². The van der Waals surface area contributed by atoms with Gasteiger partial charge < -0.3 is 16.2 Å². The van der Waals surface area contributed by atoms with E-state index < -0.39 is 0 Å². The second kappa shape index (κ2) is 5.40. The van der Waals surface area contributed by atoms with E-state index in [1.54, 1.807) is 12.1 Å². The number of anilines is 2. The summed E-state index contributed by atoms with van der Waals surface area (Å²) in [7, 11) is 0. The van der Waals surface area contributed by atoms with Gasteiger partial charge in [-0.2, -0.15) is 4.98 Å². The highest BCUT2D eigenvalue weighted by Gasteiger charge is 2.02. The minimum Gasteiger partial charge on any atom is -0.439 e. The summed E-state index contributed by atoms with van der Waals surface area (Å²) < 4.78 is 5.60. The van der Waals surface area contributed by atoms with Crippen molar-refractivity contribution in [2.45, 2.75) is 19.8 Å². The van der Waals surface area contributed by atoms with Crippen LogP contribution in [0.4, 0.5) is 11.5 Å². The lowest BCUT2D eigenvalue weighted by atomic mass is 10.1. The zero-order valence-corrected chi connectivity index (χ0v) is 10.4. The molecule has 1 aromatic heterocycles. The molecule has 0 amide bonds. The SMILES string of the molecule is CCCc1ccc(Oc2ccc(N)c(N)n2)cc1. The van der Waals surface area contributed by atoms with Crippen LogP contribution in [-0.2, 0) is 6.42 Å². The van der Waals surface area contributed by atoms with Crippen LogP contribution in [0.2, 0.25) is 0 Å². The zero-order chi connectivity index (χ0) is 13.0. The van der Waals surface area contributed by atoms with Gasteiger partial charge in [0, 0.05) is 6.07 Å². The Morgan fingerprint density at radius 3 is 2.39 bits per heavy atom. The quantitative estimate of drug-likeness (QED) is 0.865. The summed E-state index contributed by atoms with van der Waals surface area (Å²) in [5, 5.41) is 0. The van der Waals surface area contributed by atoms with Crippen LogP contribution in [0.5, 0.6) is 11.6 Å². The van der Waals surface area contributed by atoms with Crippen LogP contribution in [0.1, 0.15) is 18.9 Å². The number of rotatable bonds is 4. The molecule has 94 valence electrons. The fourth-order valence-electron chi connectivity index (χ4n) is 1.66. The minimum absolute atomic E-state index is 0.287. The highest BCUT2D eigenvalue weighted by Crippen LogP contribution is 2.23. The van der Waals surface area contributed by atoms with E-state index in [1.807, 2.05) is 12.1 Å². The first-order valence-electron chi connectivity index (χ1n) is 5.98. The van der Waals surface area contributed by atoms with Crippen LogP contribution in [0.25, 0.3) is 0 Å². The van der Waals surface area contributed by atoms with Gasteiger partial charge in [-0.05, 0) is 30.2 Å². The van der Waals surface area contributed by atoms with E-state index in [1.165, 1.54) is 5.56 Å². The Morgan fingerprint density at radius 1 is 1.06 bits per heavy atom. The van der Waals surface area contributed by atoms with Crippen molar-refractivity contribution in [1.29, 1.82) is 0 Å². The number of aromatic nitrogens is 1. The first-order chi connectivity index (χ1) is 8.69. The van der Waals surface area contributed by atoms with Crippen molar-refractivity contribution < 1.29 is 4.74 Å². The third-order valence-electron chi connectivity index (χ3n) is 2.62. The zero-order valence-electron chi connectivity index (χ0n) is 10.4. The van der Waals surface area contributed by atoms with Gasteiger partial charge >= 0.3 is 0 Å². The molecule has 0 fully saturated rings. The molecular weight excluding hydrogens is 226 g/mol. The van der Waals surface area contributed by atoms with Gasteiger partial charge in [-0.3, -0.25) is 0 Å². The number of hydrogen-bond donors (Lipinski definition) is 2. The molecule has 1 aromatic carbocycles. The number of aryl methyl sites for hydroxylation is 1. The lowest BCUT2D eigenvalue weighted by Gasteiger charge is -2.07. The van der Waals surface area contributed by atoms with E-state index >= 15 is 0 Å². The summed E-state index contributed by atoms with van der Waals surface area (Å²) >= 11 is 0. The van der Waals surface area contributed by atoms with Crippen molar-refractivity contribution in [2.24, 2.45) is 0 Å². The Hall–Kier alpha value is -2.23. The standard InChI is InChI=1S/C14H17N3O/c1-2-3-10-4-6-11(7-5-10)18-13-9-8-12(15)14(16)17-13/h4-9H,2-3,15H2,1H3,(H2,16,17). The Morgan fingerprint density at radius 2 is 1.78 bits per heavy atom. The van der Waals surface area contributed by atoms with Gasteiger partial charge in [0.15, 0.2) is 5.82 Å². The monoisotopic (exact) mass is 243 g/mol. The second-order valence-corrected chi connectivity index (χ2v) is 4.12. The maximum absolute atomic E-state index is 5.62. The molecule has 0 saturated carbocycles. The molecule has 4 heteroatoms. The molecule has 0 saturated heterocycles. The molecule has 0 aliphatic rings. The smallest absolute Gasteiger partial charge is 0.221 e. The number of nitrogens with two attached hydrogens (primary N) is 2. The molecule has 0 unspecified atom stereocenters. The number of hydrogen-bond acceptors (Lipinski definition) is 4. The predicted molar refractivity (Wildman–Crippen MR) is 73.6 cm³/mol. The van der Waals surface area contributed by atoms with Crippen LogP contribution in [0, 0.1) is 0 Å². The van der Waals surface area contributed by atoms with Crippen LogP contribution in [0.15, 0.2) is 36.4 Å². The molecule has 2 aromatic rings. The molecule has 0 atom stereocenters. The van der Waals surface area contributed by atoms with Crippen LogP contribution in [-0.4, -0.2) is 4.98 Å². The molecule has 0 bridgehead atoms. The normalized spacial score (nSPS) is 10.3. The van der Waals surface area contributed by atoms with Crippen molar-refractivity contribution in [1.82, 2.24) is 4.98 Å². The molecule has 0 aliphatic heterocycles. The summed E-state index contributed by atoms with van der Waals surface area (Å²) in [5.74, 6) is 1.48. The molecule has 4 nitrogen and oxygen atoms in total. The first-order valence-corrected chi connectivity index (χ1v) is 5.98. The molecule has 2 rings (SSSR count). The maximum atomic E-state index is 5.62. The summed E-state index contributed by atoms with van der Waals surface area (Å²) in [5.41, 5.74) is 13.0. The highest BCUT2D eigenvalue weighted by molar-refractivity contribution is 5.58. The molecule has 0 radical (unpaired) electrons. The third kappa shape index (κ3) is 2.91. The minimum atomic E-state index is 0.287. The van der Waals surface area contributed by atoms with Gasteiger partial charge in [-0.15, -0.1) is 0 Å². The average molecular weight is 243 g/mol. The second-order valence-electron chi connectivity index (χ2n) is 4.12. The maximum Gasteiger partial charge on any atom is 0.221 e. The fraction of sp³-hybridized carbons (Fsp3) is 0.214. The van der Waals surface area contributed by atoms with Crippen molar-refractivity contribution in [3.8, 4) is 11.6 Å². The Balaban J connectivity index is 2.10. The first kappa shape index (κ1) is 12.2. The molecule has 18 heavy (non-hydrogen) atoms. The fourth-order valence-corrected chi connectivity index (χ4v) is 1.66. The summed E-state index contributed by atoms with van der Waals surface area (Å²) in [6, 6.07) is 11.4. The number of benzene rings is 1. The molecule has 0 spiro atoms. The van der Waals surface area contributed by atoms with E-state index in [0.717, 1.165) is 18.6 Å². The number of nitrogen functional groups attached to an aromatic ring is 2. The number of ether oxygens (including phenoxy) is 1. The van der Waals surface area contributed by atoms with Crippen LogP contribution < -0.4 is 16.2 Å². The van der Waals surface area contributed by atoms with Crippen molar-refractivity contribution >= 4 is 11.5 Å². The Kier molecular flexibility index (Phi) is 3.67. The Labute approximate surface area is 107 Å². The molecule has 0 aliphatic carbocycles. The Bertz CT molecular complexity index is 523. The van der Waals surface area contributed by atoms with E-state index in [0.29, 0.717) is 11.6 Å². The summed E-state index contributed by atoms with van der Waals surface area (Å²) in [4.78, 5) is 4.06. The van der Waals surface area contributed by atoms with Gasteiger partial charge in [0.25, 0.3) is 0 Å². The number of nitrogens with zero attached hydrogens (tertiary/aromatic N) is 1. The van der Waals surface area contributed by atoms with Crippen LogP contribution in [0.3, 0.4) is 0 Å². The predicted octanol–water partition coefficient (Wildman–Crippen LogP) is 2.99. The van der Waals surface area contributed by atoms with E-state index in [4.69, 9.17) is 16.2 Å². The molecule has 1 heterocycles. The van der Waals surface area contributed by atoms with E-state index in [-0.39, 0.29) is 5.82 Å². The lowest BCUT2D eigenvalue weighted by molar-refractivity contribution is 0.464. The van der Waals surface area contributed by atoms with E-state index in [2.05, 4.69) is 24.0 Å². The van der Waals surface area contributed by atoms with Crippen molar-refractivity contribution in [3.05, 3.63) is 42.0 Å². The largest absolute Gasteiger partial charge is 0.439 e. The number of pyridine rings is 1. The lowest BCUT2D eigenvalue weighted by Crippen LogP contribution is -1.98. The van der Waals surface area contributed by atoms with E-state index in [9.17, 15) is 0 Å². The van der Waals surface area contributed by atoms with Crippen molar-refractivity contribution in [2.75, 3.05) is 11.5 Å². The van der Waals surface area contributed by atoms with Gasteiger partial charge in [-0.25, -0.2) is 0 Å². The third-order valence-corrected chi connectivity index (χ3v) is 2.62. The van der Waals surface area contributed by atoms with Gasteiger partial charge in [0.2, 0.25) is 5.88 Å². The van der Waals surface area contributed by atoms with Gasteiger partial charge in [0.1, 0.15) is 5.75 Å². The van der Waals surface area contributed by atoms with Gasteiger partial charge in [0.05, 0.1) is 5.69 Å².